The zero-order valence-electron chi connectivity index (χ0n) is 16.6. The van der Waals surface area contributed by atoms with Crippen LogP contribution >= 0.6 is 0 Å². The molecule has 4 rings (SSSR count). The smallest absolute Gasteiger partial charge is 0.257 e. The second-order valence-corrected chi connectivity index (χ2v) is 7.11. The highest BCUT2D eigenvalue weighted by atomic mass is 19.1. The molecule has 1 aromatic carbocycles. The molecule has 0 aliphatic carbocycles. The highest BCUT2D eigenvalue weighted by Crippen LogP contribution is 2.26. The van der Waals surface area contributed by atoms with Gasteiger partial charge >= 0.3 is 0 Å². The van der Waals surface area contributed by atoms with E-state index >= 15 is 0 Å². The van der Waals surface area contributed by atoms with Crippen LogP contribution in [0.15, 0.2) is 48.8 Å². The van der Waals surface area contributed by atoms with Gasteiger partial charge in [-0.3, -0.25) is 4.79 Å². The van der Waals surface area contributed by atoms with Gasteiger partial charge in [-0.25, -0.2) is 14.4 Å². The van der Waals surface area contributed by atoms with Crippen LogP contribution in [-0.2, 0) is 0 Å². The van der Waals surface area contributed by atoms with Gasteiger partial charge in [-0.1, -0.05) is 6.07 Å². The van der Waals surface area contributed by atoms with Crippen molar-refractivity contribution in [2.45, 2.75) is 26.8 Å². The number of benzene rings is 1. The largest absolute Gasteiger partial charge is 0.383 e. The number of imidazole rings is 1. The van der Waals surface area contributed by atoms with Crippen molar-refractivity contribution in [2.75, 3.05) is 12.3 Å². The predicted molar refractivity (Wildman–Crippen MR) is 111 cm³/mol. The maximum Gasteiger partial charge on any atom is 0.257 e. The molecule has 0 saturated heterocycles. The number of carbonyl (C=O) groups is 1. The maximum absolute atomic E-state index is 14.8. The number of halogens is 1. The predicted octanol–water partition coefficient (Wildman–Crippen LogP) is 4.14. The molecule has 1 atom stereocenters. The van der Waals surface area contributed by atoms with Gasteiger partial charge in [-0.15, -0.1) is 0 Å². The first-order chi connectivity index (χ1) is 13.9. The molecule has 29 heavy (non-hydrogen) atoms. The van der Waals surface area contributed by atoms with Crippen molar-refractivity contribution in [1.82, 2.24) is 19.3 Å². The number of pyridine rings is 2. The monoisotopic (exact) mass is 391 g/mol. The first-order valence-electron chi connectivity index (χ1n) is 9.50. The van der Waals surface area contributed by atoms with Crippen LogP contribution in [0.5, 0.6) is 0 Å². The summed E-state index contributed by atoms with van der Waals surface area (Å²) in [5.74, 6) is -0.642. The van der Waals surface area contributed by atoms with E-state index in [0.717, 1.165) is 16.9 Å². The molecular weight excluding hydrogens is 369 g/mol. The summed E-state index contributed by atoms with van der Waals surface area (Å²) in [7, 11) is 0. The van der Waals surface area contributed by atoms with Gasteiger partial charge in [0.05, 0.1) is 22.8 Å². The minimum atomic E-state index is -0.612. The van der Waals surface area contributed by atoms with E-state index in [9.17, 15) is 9.18 Å². The lowest BCUT2D eigenvalue weighted by Gasteiger charge is -2.27. The number of nitrogens with two attached hydrogens (primary N) is 1. The Morgan fingerprint density at radius 3 is 2.79 bits per heavy atom. The number of anilines is 1. The molecule has 7 heteroatoms. The van der Waals surface area contributed by atoms with E-state index in [2.05, 4.69) is 9.97 Å². The van der Waals surface area contributed by atoms with Crippen molar-refractivity contribution in [3.8, 4) is 0 Å². The fourth-order valence-electron chi connectivity index (χ4n) is 3.54. The van der Waals surface area contributed by atoms with Gasteiger partial charge in [0.15, 0.2) is 0 Å². The van der Waals surface area contributed by atoms with Gasteiger partial charge in [-0.2, -0.15) is 0 Å². The van der Waals surface area contributed by atoms with E-state index in [1.165, 1.54) is 6.07 Å². The lowest BCUT2D eigenvalue weighted by atomic mass is 10.1. The molecule has 2 N–H and O–H groups in total. The molecule has 4 aromatic rings. The van der Waals surface area contributed by atoms with Crippen LogP contribution in [0, 0.1) is 12.7 Å². The molecule has 0 spiro atoms. The van der Waals surface area contributed by atoms with Crippen molar-refractivity contribution in [1.29, 1.82) is 0 Å². The number of nitrogens with zero attached hydrogens (tertiary/aromatic N) is 4. The Balaban J connectivity index is 1.72. The molecule has 6 nitrogen and oxygen atoms in total. The highest BCUT2D eigenvalue weighted by Gasteiger charge is 2.26. The van der Waals surface area contributed by atoms with E-state index < -0.39 is 5.82 Å². The third kappa shape index (κ3) is 3.29. The second kappa shape index (κ2) is 7.16. The second-order valence-electron chi connectivity index (χ2n) is 7.11. The Labute approximate surface area is 167 Å². The van der Waals surface area contributed by atoms with E-state index in [1.807, 2.05) is 61.8 Å². The van der Waals surface area contributed by atoms with Crippen LogP contribution in [0.3, 0.4) is 0 Å². The first-order valence-corrected chi connectivity index (χ1v) is 9.50. The molecule has 0 aliphatic heterocycles. The molecule has 0 fully saturated rings. The molecule has 1 amide bonds. The normalized spacial score (nSPS) is 12.4. The van der Waals surface area contributed by atoms with Crippen molar-refractivity contribution in [3.63, 3.8) is 0 Å². The minimum Gasteiger partial charge on any atom is -0.383 e. The van der Waals surface area contributed by atoms with Crippen molar-refractivity contribution >= 4 is 28.3 Å². The van der Waals surface area contributed by atoms with Crippen molar-refractivity contribution < 1.29 is 9.18 Å². The number of carbonyl (C=O) groups excluding carboxylic acids is 1. The van der Waals surface area contributed by atoms with E-state index in [1.54, 1.807) is 11.0 Å². The van der Waals surface area contributed by atoms with Crippen LogP contribution in [0.2, 0.25) is 0 Å². The van der Waals surface area contributed by atoms with Crippen molar-refractivity contribution in [3.05, 3.63) is 71.4 Å². The van der Waals surface area contributed by atoms with Gasteiger partial charge in [0, 0.05) is 30.4 Å². The summed E-state index contributed by atoms with van der Waals surface area (Å²) in [5.41, 5.74) is 8.60. The molecule has 3 aromatic heterocycles. The highest BCUT2D eigenvalue weighted by molar-refractivity contribution is 5.98. The molecule has 3 heterocycles. The van der Waals surface area contributed by atoms with Crippen LogP contribution in [0.25, 0.3) is 16.6 Å². The Hall–Kier alpha value is -3.48. The zero-order valence-corrected chi connectivity index (χ0v) is 16.6. The molecular formula is C22H22FN5O. The summed E-state index contributed by atoms with van der Waals surface area (Å²) in [6, 6.07) is 10.0. The quantitative estimate of drug-likeness (QED) is 0.567. The van der Waals surface area contributed by atoms with Gasteiger partial charge < -0.3 is 15.0 Å². The zero-order chi connectivity index (χ0) is 20.7. The Bertz CT molecular complexity index is 1200. The summed E-state index contributed by atoms with van der Waals surface area (Å²) < 4.78 is 16.7. The van der Waals surface area contributed by atoms with Crippen LogP contribution in [-0.4, -0.2) is 31.7 Å². The number of rotatable bonds is 4. The fourth-order valence-corrected chi connectivity index (χ4v) is 3.54. The molecule has 148 valence electrons. The molecule has 0 saturated carbocycles. The lowest BCUT2D eigenvalue weighted by molar-refractivity contribution is 0.0694. The van der Waals surface area contributed by atoms with Crippen LogP contribution in [0.4, 0.5) is 10.2 Å². The van der Waals surface area contributed by atoms with Gasteiger partial charge in [0.25, 0.3) is 5.91 Å². The number of nitrogen functional groups attached to an aromatic ring is 1. The number of hydrogen-bond donors (Lipinski definition) is 1. The third-order valence-corrected chi connectivity index (χ3v) is 5.24. The summed E-state index contributed by atoms with van der Waals surface area (Å²) in [4.78, 5) is 23.7. The third-order valence-electron chi connectivity index (χ3n) is 5.24. The van der Waals surface area contributed by atoms with E-state index in [4.69, 9.17) is 5.73 Å². The standard InChI is InChI=1S/C22H22FN5O/c1-4-28(14(3)19-12-27-8-6-5-7-20(27)25-19)22(29)16-10-15-9-13(2)21(24)26-18(15)11-17(16)23/h5-12,14H,4H2,1-3H3,(H2,24,26). The van der Waals surface area contributed by atoms with Gasteiger partial charge in [-0.05, 0) is 50.6 Å². The lowest BCUT2D eigenvalue weighted by Crippen LogP contribution is -2.34. The van der Waals surface area contributed by atoms with E-state index in [-0.39, 0.29) is 17.5 Å². The van der Waals surface area contributed by atoms with Crippen molar-refractivity contribution in [2.24, 2.45) is 0 Å². The molecule has 0 aliphatic rings. The maximum atomic E-state index is 14.8. The number of aromatic nitrogens is 3. The summed E-state index contributed by atoms with van der Waals surface area (Å²) >= 11 is 0. The number of hydrogen-bond acceptors (Lipinski definition) is 4. The van der Waals surface area contributed by atoms with Gasteiger partial charge in [0.2, 0.25) is 0 Å². The van der Waals surface area contributed by atoms with E-state index in [0.29, 0.717) is 23.3 Å². The average Bonchev–Trinajstić information content (AvgIpc) is 3.13. The molecule has 0 bridgehead atoms. The Morgan fingerprint density at radius 1 is 1.28 bits per heavy atom. The number of amides is 1. The van der Waals surface area contributed by atoms with Crippen LogP contribution in [0.1, 0.15) is 41.5 Å². The minimum absolute atomic E-state index is 0.0148. The Kier molecular flexibility index (Phi) is 4.66. The summed E-state index contributed by atoms with van der Waals surface area (Å²) in [6.07, 6.45) is 3.80. The topological polar surface area (TPSA) is 76.5 Å². The Morgan fingerprint density at radius 2 is 2.07 bits per heavy atom. The van der Waals surface area contributed by atoms with Crippen LogP contribution < -0.4 is 5.73 Å². The number of fused-ring (bicyclic) bond motifs is 2. The average molecular weight is 391 g/mol. The first kappa shape index (κ1) is 18.9. The number of aryl methyl sites for hydroxylation is 1. The SMILES string of the molecule is CCN(C(=O)c1cc2cc(C)c(N)nc2cc1F)C(C)c1cn2ccccc2n1. The summed E-state index contributed by atoms with van der Waals surface area (Å²) in [6.45, 7) is 6.02. The molecule has 1 unspecified atom stereocenters. The molecule has 0 radical (unpaired) electrons. The van der Waals surface area contributed by atoms with Gasteiger partial charge in [0.1, 0.15) is 17.3 Å². The summed E-state index contributed by atoms with van der Waals surface area (Å²) in [5, 5.41) is 0.679. The fraction of sp³-hybridized carbons (Fsp3) is 0.227.